The van der Waals surface area contributed by atoms with Crippen molar-refractivity contribution >= 4 is 21.4 Å². The third kappa shape index (κ3) is 1.47. The molecule has 1 heterocycles. The van der Waals surface area contributed by atoms with Crippen LogP contribution < -0.4 is 5.32 Å². The van der Waals surface area contributed by atoms with E-state index in [0.717, 1.165) is 6.07 Å². The van der Waals surface area contributed by atoms with Crippen LogP contribution in [0.1, 0.15) is 12.8 Å². The van der Waals surface area contributed by atoms with Gasteiger partial charge in [0, 0.05) is 0 Å². The van der Waals surface area contributed by atoms with Gasteiger partial charge in [0.25, 0.3) is 0 Å². The molecule has 1 amide bonds. The van der Waals surface area contributed by atoms with Crippen molar-refractivity contribution in [1.82, 2.24) is 0 Å². The van der Waals surface area contributed by atoms with Crippen molar-refractivity contribution in [2.45, 2.75) is 17.7 Å². The summed E-state index contributed by atoms with van der Waals surface area (Å²) in [4.78, 5) is 11.7. The van der Waals surface area contributed by atoms with E-state index < -0.39 is 21.1 Å². The van der Waals surface area contributed by atoms with E-state index in [4.69, 9.17) is 0 Å². The molecule has 1 aliphatic heterocycles. The summed E-state index contributed by atoms with van der Waals surface area (Å²) in [5.41, 5.74) is -1.04. The number of carbonyl (C=O) groups excluding carboxylic acids is 1. The van der Waals surface area contributed by atoms with Gasteiger partial charge in [-0.1, -0.05) is 6.07 Å². The maximum Gasteiger partial charge on any atom is 0.231 e. The Morgan fingerprint density at radius 2 is 2.00 bits per heavy atom. The molecule has 1 aromatic carbocycles. The van der Waals surface area contributed by atoms with Gasteiger partial charge in [-0.3, -0.25) is 4.79 Å². The van der Waals surface area contributed by atoms with Crippen molar-refractivity contribution < 1.29 is 17.6 Å². The molecule has 0 atom stereocenters. The number of nitrogens with one attached hydrogen (secondary N) is 1. The number of halogens is 1. The predicted molar refractivity (Wildman–Crippen MR) is 58.7 cm³/mol. The van der Waals surface area contributed by atoms with Crippen molar-refractivity contribution in [1.29, 1.82) is 0 Å². The number of sulfone groups is 1. The Morgan fingerprint density at radius 1 is 1.29 bits per heavy atom. The first-order chi connectivity index (χ1) is 7.95. The van der Waals surface area contributed by atoms with Gasteiger partial charge in [0.05, 0.1) is 21.8 Å². The third-order valence-electron chi connectivity index (χ3n) is 3.35. The molecule has 17 heavy (non-hydrogen) atoms. The van der Waals surface area contributed by atoms with Gasteiger partial charge < -0.3 is 5.32 Å². The zero-order valence-electron chi connectivity index (χ0n) is 8.86. The largest absolute Gasteiger partial charge is 0.322 e. The minimum Gasteiger partial charge on any atom is -0.322 e. The second-order valence-corrected chi connectivity index (χ2v) is 6.56. The lowest BCUT2D eigenvalue weighted by Gasteiger charge is -2.08. The van der Waals surface area contributed by atoms with Gasteiger partial charge in [0.1, 0.15) is 5.82 Å². The van der Waals surface area contributed by atoms with E-state index in [9.17, 15) is 17.6 Å². The topological polar surface area (TPSA) is 63.2 Å². The molecule has 90 valence electrons. The van der Waals surface area contributed by atoms with Crippen molar-refractivity contribution in [3.05, 3.63) is 24.0 Å². The molecule has 1 aliphatic carbocycles. The quantitative estimate of drug-likeness (QED) is 0.760. The lowest BCUT2D eigenvalue weighted by atomic mass is 10.1. The van der Waals surface area contributed by atoms with Gasteiger partial charge in [-0.15, -0.1) is 0 Å². The number of para-hydroxylation sites is 1. The van der Waals surface area contributed by atoms with Crippen LogP contribution in [0.25, 0.3) is 0 Å². The molecule has 1 spiro atoms. The Labute approximate surface area is 97.7 Å². The highest BCUT2D eigenvalue weighted by molar-refractivity contribution is 7.91. The maximum absolute atomic E-state index is 13.6. The molecule has 0 radical (unpaired) electrons. The molecular weight excluding hydrogens is 245 g/mol. The van der Waals surface area contributed by atoms with E-state index in [1.165, 1.54) is 12.1 Å². The third-order valence-corrected chi connectivity index (χ3v) is 5.29. The lowest BCUT2D eigenvalue weighted by Crippen LogP contribution is -2.27. The summed E-state index contributed by atoms with van der Waals surface area (Å²) >= 11 is 0. The van der Waals surface area contributed by atoms with E-state index in [1.54, 1.807) is 0 Å². The van der Waals surface area contributed by atoms with Crippen LogP contribution in [-0.4, -0.2) is 20.1 Å². The van der Waals surface area contributed by atoms with E-state index >= 15 is 0 Å². The Balaban J connectivity index is 2.25. The highest BCUT2D eigenvalue weighted by atomic mass is 32.2. The molecule has 6 heteroatoms. The van der Waals surface area contributed by atoms with Crippen LogP contribution in [0.2, 0.25) is 0 Å². The van der Waals surface area contributed by atoms with Crippen LogP contribution in [-0.2, 0) is 14.6 Å². The number of hydrogen-bond donors (Lipinski definition) is 1. The highest BCUT2D eigenvalue weighted by Crippen LogP contribution is 2.50. The summed E-state index contributed by atoms with van der Waals surface area (Å²) in [6, 6.07) is 3.80. The van der Waals surface area contributed by atoms with Gasteiger partial charge in [0.2, 0.25) is 5.91 Å². The fraction of sp³-hybridized carbons (Fsp3) is 0.364. The average Bonchev–Trinajstić information content (AvgIpc) is 3.00. The molecule has 1 saturated carbocycles. The van der Waals surface area contributed by atoms with Crippen molar-refractivity contribution in [2.24, 2.45) is 5.41 Å². The number of hydrogen-bond acceptors (Lipinski definition) is 3. The molecule has 2 aliphatic rings. The van der Waals surface area contributed by atoms with Gasteiger partial charge >= 0.3 is 0 Å². The number of fused-ring (bicyclic) bond motifs is 1. The summed E-state index contributed by atoms with van der Waals surface area (Å²) in [5, 5.41) is 2.41. The molecule has 0 saturated heterocycles. The van der Waals surface area contributed by atoms with Crippen molar-refractivity contribution in [3.8, 4) is 0 Å². The smallest absolute Gasteiger partial charge is 0.231 e. The van der Waals surface area contributed by atoms with E-state index in [0.29, 0.717) is 12.8 Å². The summed E-state index contributed by atoms with van der Waals surface area (Å²) in [6.45, 7) is 0. The summed E-state index contributed by atoms with van der Waals surface area (Å²) in [6.07, 6.45) is 1.10. The van der Waals surface area contributed by atoms with E-state index in [-0.39, 0.29) is 22.2 Å². The van der Waals surface area contributed by atoms with E-state index in [1.807, 2.05) is 0 Å². The Kier molecular flexibility index (Phi) is 1.93. The van der Waals surface area contributed by atoms with Gasteiger partial charge in [-0.05, 0) is 25.0 Å². The zero-order valence-corrected chi connectivity index (χ0v) is 9.68. The van der Waals surface area contributed by atoms with Gasteiger partial charge in [-0.2, -0.15) is 0 Å². The lowest BCUT2D eigenvalue weighted by molar-refractivity contribution is -0.120. The summed E-state index contributed by atoms with van der Waals surface area (Å²) in [7, 11) is -3.60. The van der Waals surface area contributed by atoms with Gasteiger partial charge in [0.15, 0.2) is 9.84 Å². The van der Waals surface area contributed by atoms with Crippen molar-refractivity contribution in [2.75, 3.05) is 11.1 Å². The number of benzene rings is 1. The zero-order chi connectivity index (χ0) is 12.3. The minimum absolute atomic E-state index is 0.116. The van der Waals surface area contributed by atoms with Crippen LogP contribution in [0.15, 0.2) is 23.1 Å². The number of amides is 1. The first kappa shape index (κ1) is 10.7. The SMILES string of the molecule is O=C1Nc2c(F)cccc2S(=O)(=O)CC12CC2. The molecule has 0 unspecified atom stereocenters. The average molecular weight is 255 g/mol. The Hall–Kier alpha value is -1.43. The van der Waals surface area contributed by atoms with E-state index in [2.05, 4.69) is 5.32 Å². The standard InChI is InChI=1S/C11H10FNO3S/c12-7-2-1-3-8-9(7)13-10(14)11(4-5-11)6-17(8,15)16/h1-3H,4-6H2,(H,13,14). The molecule has 4 nitrogen and oxygen atoms in total. The van der Waals surface area contributed by atoms with Crippen LogP contribution in [0.4, 0.5) is 10.1 Å². The number of carbonyl (C=O) groups is 1. The first-order valence-electron chi connectivity index (χ1n) is 5.27. The predicted octanol–water partition coefficient (Wildman–Crippen LogP) is 1.33. The molecule has 0 aromatic heterocycles. The Morgan fingerprint density at radius 3 is 2.65 bits per heavy atom. The Bertz CT molecular complexity index is 620. The fourth-order valence-corrected chi connectivity index (χ4v) is 4.21. The molecule has 1 fully saturated rings. The minimum atomic E-state index is -3.60. The first-order valence-corrected chi connectivity index (χ1v) is 6.93. The normalized spacial score (nSPS) is 23.7. The van der Waals surface area contributed by atoms with Crippen LogP contribution >= 0.6 is 0 Å². The van der Waals surface area contributed by atoms with Crippen molar-refractivity contribution in [3.63, 3.8) is 0 Å². The molecule has 1 N–H and O–H groups in total. The second kappa shape index (κ2) is 3.07. The summed E-state index contributed by atoms with van der Waals surface area (Å²) < 4.78 is 37.7. The molecular formula is C11H10FNO3S. The van der Waals surface area contributed by atoms with Crippen LogP contribution in [0.5, 0.6) is 0 Å². The maximum atomic E-state index is 13.6. The second-order valence-electron chi connectivity index (χ2n) is 4.61. The number of rotatable bonds is 0. The molecule has 1 aromatic rings. The molecule has 3 rings (SSSR count). The van der Waals surface area contributed by atoms with Crippen LogP contribution in [0, 0.1) is 11.2 Å². The summed E-state index contributed by atoms with van der Waals surface area (Å²) in [5.74, 6) is -1.32. The van der Waals surface area contributed by atoms with Gasteiger partial charge in [-0.25, -0.2) is 12.8 Å². The fourth-order valence-electron chi connectivity index (χ4n) is 2.16. The monoisotopic (exact) mass is 255 g/mol. The molecule has 0 bridgehead atoms. The van der Waals surface area contributed by atoms with Crippen LogP contribution in [0.3, 0.4) is 0 Å². The highest BCUT2D eigenvalue weighted by Gasteiger charge is 2.55. The number of anilines is 1.